The molecule has 3 aromatic rings. The summed E-state index contributed by atoms with van der Waals surface area (Å²) in [4.78, 5) is 30.9. The highest BCUT2D eigenvalue weighted by molar-refractivity contribution is 7.07. The Kier molecular flexibility index (Phi) is 5.22. The number of carbonyl (C=O) groups excluding carboxylic acids is 1. The molecule has 2 aromatic carbocycles. The van der Waals surface area contributed by atoms with E-state index in [1.165, 1.54) is 18.4 Å². The first-order valence-electron chi connectivity index (χ1n) is 8.91. The third-order valence-electron chi connectivity index (χ3n) is 4.71. The number of hydrogen-bond donors (Lipinski definition) is 0. The predicted molar refractivity (Wildman–Crippen MR) is 114 cm³/mol. The van der Waals surface area contributed by atoms with Crippen LogP contribution in [0.3, 0.4) is 0 Å². The highest BCUT2D eigenvalue weighted by atomic mass is 35.5. The van der Waals surface area contributed by atoms with Crippen LogP contribution in [0, 0.1) is 0 Å². The highest BCUT2D eigenvalue weighted by Gasteiger charge is 2.32. The molecular formula is C22H17ClN2O3S. The number of methoxy groups -OCH3 is 1. The smallest absolute Gasteiger partial charge is 0.338 e. The molecule has 0 bridgehead atoms. The number of rotatable bonds is 3. The largest absolute Gasteiger partial charge is 0.466 e. The van der Waals surface area contributed by atoms with Crippen LogP contribution in [0.1, 0.15) is 24.1 Å². The zero-order valence-corrected chi connectivity index (χ0v) is 17.3. The first-order valence-corrected chi connectivity index (χ1v) is 10.1. The molecule has 1 atom stereocenters. The summed E-state index contributed by atoms with van der Waals surface area (Å²) >= 11 is 7.24. The molecule has 0 saturated carbocycles. The van der Waals surface area contributed by atoms with E-state index >= 15 is 0 Å². The summed E-state index contributed by atoms with van der Waals surface area (Å²) in [5.41, 5.74) is 2.39. The van der Waals surface area contributed by atoms with E-state index in [2.05, 4.69) is 4.99 Å². The number of esters is 1. The van der Waals surface area contributed by atoms with Crippen LogP contribution in [0.25, 0.3) is 6.08 Å². The van der Waals surface area contributed by atoms with Crippen molar-refractivity contribution in [2.45, 2.75) is 13.0 Å². The van der Waals surface area contributed by atoms with Crippen molar-refractivity contribution >= 4 is 35.0 Å². The Morgan fingerprint density at radius 2 is 1.86 bits per heavy atom. The zero-order valence-electron chi connectivity index (χ0n) is 15.8. The molecule has 1 aliphatic rings. The maximum atomic E-state index is 13.3. The van der Waals surface area contributed by atoms with Gasteiger partial charge in [0.25, 0.3) is 5.56 Å². The lowest BCUT2D eigenvalue weighted by atomic mass is 9.96. The van der Waals surface area contributed by atoms with E-state index in [-0.39, 0.29) is 5.56 Å². The van der Waals surface area contributed by atoms with Gasteiger partial charge in [-0.1, -0.05) is 65.4 Å². The first kappa shape index (κ1) is 19.4. The number of ether oxygens (including phenoxy) is 1. The number of hydrogen-bond acceptors (Lipinski definition) is 5. The minimum atomic E-state index is -0.590. The molecule has 1 unspecified atom stereocenters. The number of thiazole rings is 1. The Hall–Kier alpha value is -2.96. The first-order chi connectivity index (χ1) is 14.0. The van der Waals surface area contributed by atoms with Crippen molar-refractivity contribution in [1.29, 1.82) is 0 Å². The fraction of sp³-hybridized carbons (Fsp3) is 0.136. The second-order valence-electron chi connectivity index (χ2n) is 6.54. The minimum Gasteiger partial charge on any atom is -0.466 e. The normalized spacial score (nSPS) is 16.4. The third kappa shape index (κ3) is 3.57. The topological polar surface area (TPSA) is 60.7 Å². The van der Waals surface area contributed by atoms with Crippen LogP contribution in [0.5, 0.6) is 0 Å². The van der Waals surface area contributed by atoms with Crippen LogP contribution in [-0.4, -0.2) is 17.6 Å². The number of allylic oxidation sites excluding steroid dienone is 1. The van der Waals surface area contributed by atoms with Gasteiger partial charge in [-0.15, -0.1) is 0 Å². The summed E-state index contributed by atoms with van der Waals surface area (Å²) in [5, 5.41) is 0.631. The van der Waals surface area contributed by atoms with Crippen LogP contribution in [0.4, 0.5) is 0 Å². The summed E-state index contributed by atoms with van der Waals surface area (Å²) in [5.74, 6) is -0.493. The summed E-state index contributed by atoms with van der Waals surface area (Å²) in [7, 11) is 1.33. The van der Waals surface area contributed by atoms with Gasteiger partial charge < -0.3 is 4.74 Å². The van der Waals surface area contributed by atoms with Crippen LogP contribution in [-0.2, 0) is 9.53 Å². The molecule has 1 aliphatic heterocycles. The van der Waals surface area contributed by atoms with Crippen molar-refractivity contribution in [3.05, 3.63) is 102 Å². The van der Waals surface area contributed by atoms with Crippen molar-refractivity contribution in [1.82, 2.24) is 4.57 Å². The summed E-state index contributed by atoms with van der Waals surface area (Å²) in [6.45, 7) is 1.76. The van der Waals surface area contributed by atoms with Gasteiger partial charge in [0, 0.05) is 5.02 Å². The molecule has 0 aliphatic carbocycles. The van der Waals surface area contributed by atoms with Crippen molar-refractivity contribution in [3.8, 4) is 0 Å². The number of aromatic nitrogens is 1. The monoisotopic (exact) mass is 424 g/mol. The Balaban J connectivity index is 1.97. The van der Waals surface area contributed by atoms with E-state index in [4.69, 9.17) is 16.3 Å². The van der Waals surface area contributed by atoms with Gasteiger partial charge in [-0.25, -0.2) is 9.79 Å². The lowest BCUT2D eigenvalue weighted by molar-refractivity contribution is -0.136. The van der Waals surface area contributed by atoms with Gasteiger partial charge in [-0.2, -0.15) is 0 Å². The van der Waals surface area contributed by atoms with Crippen molar-refractivity contribution < 1.29 is 9.53 Å². The number of halogens is 1. The van der Waals surface area contributed by atoms with Crippen molar-refractivity contribution in [3.63, 3.8) is 0 Å². The van der Waals surface area contributed by atoms with Crippen LogP contribution in [0.2, 0.25) is 5.02 Å². The quantitative estimate of drug-likeness (QED) is 0.607. The molecule has 5 nitrogen and oxygen atoms in total. The second kappa shape index (κ2) is 7.81. The van der Waals surface area contributed by atoms with Gasteiger partial charge in [0.05, 0.1) is 29.0 Å². The number of benzene rings is 2. The maximum absolute atomic E-state index is 13.3. The lowest BCUT2D eigenvalue weighted by Crippen LogP contribution is -2.39. The Morgan fingerprint density at radius 1 is 1.17 bits per heavy atom. The molecular weight excluding hydrogens is 408 g/mol. The average Bonchev–Trinajstić information content (AvgIpc) is 3.03. The zero-order chi connectivity index (χ0) is 20.5. The van der Waals surface area contributed by atoms with E-state index in [9.17, 15) is 9.59 Å². The number of nitrogens with zero attached hydrogens (tertiary/aromatic N) is 2. The van der Waals surface area contributed by atoms with Gasteiger partial charge in [0.15, 0.2) is 4.80 Å². The maximum Gasteiger partial charge on any atom is 0.338 e. The number of fused-ring (bicyclic) bond motifs is 1. The van der Waals surface area contributed by atoms with Gasteiger partial charge in [0.2, 0.25) is 0 Å². The molecule has 0 amide bonds. The SMILES string of the molecule is COC(=O)C1=C(C)N=c2s/c(=C/c3ccc(Cl)cc3)c(=O)n2C1c1ccccc1. The fourth-order valence-electron chi connectivity index (χ4n) is 3.35. The molecule has 2 heterocycles. The summed E-state index contributed by atoms with van der Waals surface area (Å²) in [6, 6.07) is 16.1. The second-order valence-corrected chi connectivity index (χ2v) is 7.98. The van der Waals surface area contributed by atoms with Crippen molar-refractivity contribution in [2.24, 2.45) is 4.99 Å². The molecule has 0 fully saturated rings. The molecule has 0 radical (unpaired) electrons. The standard InChI is InChI=1S/C22H17ClN2O3S/c1-13-18(21(27)28-2)19(15-6-4-3-5-7-15)25-20(26)17(29-22(25)24-13)12-14-8-10-16(23)11-9-14/h3-12,19H,1-2H3/b17-12+. The molecule has 0 saturated heterocycles. The number of carbonyl (C=O) groups is 1. The molecule has 4 rings (SSSR count). The van der Waals surface area contributed by atoms with Gasteiger partial charge in [0.1, 0.15) is 0 Å². The molecule has 7 heteroatoms. The van der Waals surface area contributed by atoms with Gasteiger partial charge >= 0.3 is 5.97 Å². The molecule has 1 aromatic heterocycles. The summed E-state index contributed by atoms with van der Waals surface area (Å²) in [6.07, 6.45) is 1.80. The average molecular weight is 425 g/mol. The molecule has 0 N–H and O–H groups in total. The van der Waals surface area contributed by atoms with Gasteiger partial charge in [-0.05, 0) is 36.3 Å². The Morgan fingerprint density at radius 3 is 2.52 bits per heavy atom. The predicted octanol–water partition coefficient (Wildman–Crippen LogP) is 3.06. The van der Waals surface area contributed by atoms with Crippen LogP contribution in [0.15, 0.2) is 75.7 Å². The van der Waals surface area contributed by atoms with E-state index in [0.717, 1.165) is 11.1 Å². The summed E-state index contributed by atoms with van der Waals surface area (Å²) < 4.78 is 7.10. The lowest BCUT2D eigenvalue weighted by Gasteiger charge is -2.24. The minimum absolute atomic E-state index is 0.202. The third-order valence-corrected chi connectivity index (χ3v) is 5.94. The molecule has 146 valence electrons. The van der Waals surface area contributed by atoms with E-state index in [0.29, 0.717) is 25.6 Å². The van der Waals surface area contributed by atoms with Crippen LogP contribution >= 0.6 is 22.9 Å². The molecule has 0 spiro atoms. The molecule has 29 heavy (non-hydrogen) atoms. The van der Waals surface area contributed by atoms with Crippen LogP contribution < -0.4 is 14.9 Å². The van der Waals surface area contributed by atoms with E-state index < -0.39 is 12.0 Å². The fourth-order valence-corrected chi connectivity index (χ4v) is 4.53. The van der Waals surface area contributed by atoms with E-state index in [1.807, 2.05) is 42.5 Å². The van der Waals surface area contributed by atoms with Crippen molar-refractivity contribution in [2.75, 3.05) is 7.11 Å². The highest BCUT2D eigenvalue weighted by Crippen LogP contribution is 2.30. The van der Waals surface area contributed by atoms with E-state index in [1.54, 1.807) is 29.7 Å². The Bertz CT molecular complexity index is 1290. The van der Waals surface area contributed by atoms with Gasteiger partial charge in [-0.3, -0.25) is 9.36 Å². The Labute approximate surface area is 175 Å².